The van der Waals surface area contributed by atoms with Gasteiger partial charge in [-0.05, 0) is 56.7 Å². The number of nitrogens with one attached hydrogen (secondary N) is 4. The Labute approximate surface area is 381 Å². The Kier molecular flexibility index (Phi) is 15.5. The number of nitrogens with two attached hydrogens (primary N) is 1. The molecule has 354 valence electrons. The number of ether oxygens (including phenoxy) is 1. The zero-order valence-corrected chi connectivity index (χ0v) is 37.7. The molecule has 3 aromatic rings. The summed E-state index contributed by atoms with van der Waals surface area (Å²) in [6.07, 6.45) is 5.94. The summed E-state index contributed by atoms with van der Waals surface area (Å²) in [7, 11) is 2.10. The standard InChI is InChI=1S/C46H58FN9O10/c1-27(2)38(52-35(57)10-6-5-7-18-54-36(58)15-16-37(54)59)44(62)51-34(9-8-17-49-46(48)65)43(61)50-30-13-11-29(12-14-30)25-56(4)21-19-53(20-22-56)40-33(47)23-31-39-42(40)66-26-28(3)55(39)24-32(41(31)60)45(63)64/h11-16,23-24,27-28,34,38H,5-10,17-22,25-26H2,1-4H3,(H6-,48,49,50,51,52,57,61,62,63,64,65)/p+1. The Morgan fingerprint density at radius 2 is 1.64 bits per heavy atom. The number of rotatable bonds is 20. The average Bonchev–Trinajstić information content (AvgIpc) is 3.58. The molecule has 3 atom stereocenters. The van der Waals surface area contributed by atoms with E-state index in [2.05, 4.69) is 28.3 Å². The first kappa shape index (κ1) is 48.6. The third-order valence-corrected chi connectivity index (χ3v) is 12.3. The number of anilines is 2. The molecule has 6 rings (SSSR count). The van der Waals surface area contributed by atoms with E-state index in [0.717, 1.165) is 16.5 Å². The number of primary amides is 1. The molecule has 4 heterocycles. The second-order valence-electron chi connectivity index (χ2n) is 17.8. The number of pyridine rings is 1. The first-order valence-electron chi connectivity index (χ1n) is 22.3. The van der Waals surface area contributed by atoms with Gasteiger partial charge in [-0.1, -0.05) is 32.4 Å². The molecule has 1 saturated heterocycles. The van der Waals surface area contributed by atoms with Gasteiger partial charge in [0.15, 0.2) is 11.6 Å². The molecular weight excluding hydrogens is 858 g/mol. The molecule has 0 aliphatic carbocycles. The number of quaternary nitrogens is 1. The second-order valence-corrected chi connectivity index (χ2v) is 17.8. The molecule has 66 heavy (non-hydrogen) atoms. The van der Waals surface area contributed by atoms with Crippen molar-refractivity contribution >= 4 is 63.8 Å². The Hall–Kier alpha value is -6.83. The number of piperazine rings is 1. The summed E-state index contributed by atoms with van der Waals surface area (Å²) in [5, 5.41) is 20.5. The van der Waals surface area contributed by atoms with Crippen molar-refractivity contribution in [1.29, 1.82) is 0 Å². The van der Waals surface area contributed by atoms with Gasteiger partial charge < -0.3 is 50.8 Å². The minimum Gasteiger partial charge on any atom is -0.487 e. The van der Waals surface area contributed by atoms with E-state index in [4.69, 9.17) is 10.5 Å². The van der Waals surface area contributed by atoms with Crippen LogP contribution in [-0.2, 0) is 30.5 Å². The van der Waals surface area contributed by atoms with Gasteiger partial charge >= 0.3 is 12.0 Å². The smallest absolute Gasteiger partial charge is 0.341 e. The Morgan fingerprint density at radius 3 is 2.27 bits per heavy atom. The third-order valence-electron chi connectivity index (χ3n) is 12.3. The predicted molar refractivity (Wildman–Crippen MR) is 242 cm³/mol. The largest absolute Gasteiger partial charge is 0.487 e. The summed E-state index contributed by atoms with van der Waals surface area (Å²) in [6.45, 7) is 8.86. The van der Waals surface area contributed by atoms with Gasteiger partial charge in [-0.2, -0.15) is 0 Å². The Bertz CT molecular complexity index is 2450. The van der Waals surface area contributed by atoms with Gasteiger partial charge in [-0.15, -0.1) is 0 Å². The first-order valence-corrected chi connectivity index (χ1v) is 22.3. The number of carboxylic acids is 1. The minimum atomic E-state index is -1.38. The molecule has 0 radical (unpaired) electrons. The Morgan fingerprint density at radius 1 is 0.955 bits per heavy atom. The molecule has 7 N–H and O–H groups in total. The number of likely N-dealkylation sites (N-methyl/N-ethyl adjacent to an activating group) is 1. The number of aromatic nitrogens is 1. The number of hydrogen-bond acceptors (Lipinski definition) is 10. The van der Waals surface area contributed by atoms with Gasteiger partial charge in [0.05, 0.1) is 50.2 Å². The van der Waals surface area contributed by atoms with Crippen molar-refractivity contribution in [2.45, 2.75) is 84.0 Å². The van der Waals surface area contributed by atoms with Crippen molar-refractivity contribution in [2.24, 2.45) is 11.7 Å². The van der Waals surface area contributed by atoms with E-state index in [1.165, 1.54) is 18.3 Å². The molecule has 3 unspecified atom stereocenters. The van der Waals surface area contributed by atoms with Crippen LogP contribution in [0.1, 0.15) is 81.3 Å². The van der Waals surface area contributed by atoms with Crippen LogP contribution in [0.4, 0.5) is 20.6 Å². The van der Waals surface area contributed by atoms with E-state index in [1.807, 2.05) is 24.0 Å². The minimum absolute atomic E-state index is 0.0401. The van der Waals surface area contributed by atoms with Crippen molar-refractivity contribution in [3.8, 4) is 5.75 Å². The van der Waals surface area contributed by atoms with Crippen molar-refractivity contribution < 1.29 is 52.3 Å². The molecule has 0 spiro atoms. The predicted octanol–water partition coefficient (Wildman–Crippen LogP) is 2.76. The van der Waals surface area contributed by atoms with Gasteiger partial charge in [-0.3, -0.25) is 33.7 Å². The van der Waals surface area contributed by atoms with Crippen molar-refractivity contribution in [3.05, 3.63) is 75.8 Å². The summed E-state index contributed by atoms with van der Waals surface area (Å²) >= 11 is 0. The fraction of sp³-hybridized carbons (Fsp3) is 0.478. The fourth-order valence-corrected chi connectivity index (χ4v) is 8.56. The number of unbranched alkanes of at least 4 members (excludes halogenated alkanes) is 2. The fourth-order valence-electron chi connectivity index (χ4n) is 8.56. The molecule has 3 aliphatic rings. The van der Waals surface area contributed by atoms with Gasteiger partial charge in [0, 0.05) is 49.1 Å². The number of urea groups is 1. The zero-order valence-electron chi connectivity index (χ0n) is 37.7. The monoisotopic (exact) mass is 916 g/mol. The molecule has 7 amide bonds. The van der Waals surface area contributed by atoms with E-state index in [-0.39, 0.29) is 79.0 Å². The highest BCUT2D eigenvalue weighted by Crippen LogP contribution is 2.42. The summed E-state index contributed by atoms with van der Waals surface area (Å²) < 4.78 is 24.3. The molecule has 3 aliphatic heterocycles. The lowest BCUT2D eigenvalue weighted by molar-refractivity contribution is -0.923. The highest BCUT2D eigenvalue weighted by Gasteiger charge is 2.35. The van der Waals surface area contributed by atoms with Crippen LogP contribution in [0.2, 0.25) is 0 Å². The van der Waals surface area contributed by atoms with Crippen LogP contribution in [-0.4, -0.2) is 126 Å². The lowest BCUT2D eigenvalue weighted by Gasteiger charge is -2.43. The number of nitrogens with zero attached hydrogens (tertiary/aromatic N) is 4. The topological polar surface area (TPSA) is 252 Å². The first-order chi connectivity index (χ1) is 31.3. The number of carboxylic acid groups (broad SMARTS) is 1. The summed E-state index contributed by atoms with van der Waals surface area (Å²) in [6, 6.07) is 5.47. The molecule has 19 nitrogen and oxygen atoms in total. The molecule has 1 fully saturated rings. The second kappa shape index (κ2) is 21.0. The number of hydrogen-bond donors (Lipinski definition) is 6. The van der Waals surface area contributed by atoms with Gasteiger partial charge in [0.25, 0.3) is 11.8 Å². The maximum absolute atomic E-state index is 15.9. The average molecular weight is 917 g/mol. The number of halogens is 1. The van der Waals surface area contributed by atoms with E-state index < -0.39 is 52.7 Å². The molecule has 0 bridgehead atoms. The summed E-state index contributed by atoms with van der Waals surface area (Å²) in [5.74, 6) is -4.25. The van der Waals surface area contributed by atoms with Crippen molar-refractivity contribution in [1.82, 2.24) is 25.4 Å². The van der Waals surface area contributed by atoms with E-state index in [0.29, 0.717) is 74.1 Å². The lowest BCUT2D eigenvalue weighted by Crippen LogP contribution is -2.57. The van der Waals surface area contributed by atoms with E-state index in [1.54, 1.807) is 30.5 Å². The SMILES string of the molecule is CC(C)C(NC(=O)CCCCCN1C(=O)C=CC1=O)C(=O)NC(CCCNC(N)=O)C(=O)Nc1ccc(C[N+]2(C)CCN(c3c(F)cc4c(=O)c(C(=O)O)cn5c4c3OCC5C)CC2)cc1. The van der Waals surface area contributed by atoms with E-state index >= 15 is 4.39 Å². The quantitative estimate of drug-likeness (QED) is 0.0546. The highest BCUT2D eigenvalue weighted by molar-refractivity contribution is 6.12. The number of benzene rings is 2. The normalized spacial score (nSPS) is 17.3. The van der Waals surface area contributed by atoms with Gasteiger partial charge in [0.1, 0.15) is 36.5 Å². The molecule has 1 aromatic heterocycles. The zero-order chi connectivity index (χ0) is 47.9. The summed E-state index contributed by atoms with van der Waals surface area (Å²) in [5.41, 5.74) is 6.11. The van der Waals surface area contributed by atoms with Crippen LogP contribution in [0.3, 0.4) is 0 Å². The molecule has 20 heteroatoms. The van der Waals surface area contributed by atoms with Crippen LogP contribution >= 0.6 is 0 Å². The maximum Gasteiger partial charge on any atom is 0.341 e. The number of imide groups is 1. The van der Waals surface area contributed by atoms with Crippen molar-refractivity contribution in [3.63, 3.8) is 0 Å². The van der Waals surface area contributed by atoms with Crippen LogP contribution in [0, 0.1) is 11.7 Å². The van der Waals surface area contributed by atoms with Gasteiger partial charge in [0.2, 0.25) is 23.2 Å². The third kappa shape index (κ3) is 11.5. The van der Waals surface area contributed by atoms with Crippen LogP contribution in [0.15, 0.2) is 53.5 Å². The number of amides is 7. The van der Waals surface area contributed by atoms with Crippen molar-refractivity contribution in [2.75, 3.05) is 63.1 Å². The lowest BCUT2D eigenvalue weighted by atomic mass is 10.0. The summed E-state index contributed by atoms with van der Waals surface area (Å²) in [4.78, 5) is 103. The Balaban J connectivity index is 1.04. The molecule has 0 saturated carbocycles. The molecule has 2 aromatic carbocycles. The maximum atomic E-state index is 15.9. The molecular formula is C46H59FN9O10+. The van der Waals surface area contributed by atoms with Crippen LogP contribution < -0.4 is 42.1 Å². The number of carbonyl (C=O) groups is 7. The number of carbonyl (C=O) groups excluding carboxylic acids is 6. The number of aromatic carboxylic acids is 1. The van der Waals surface area contributed by atoms with Gasteiger partial charge in [-0.25, -0.2) is 14.0 Å². The van der Waals surface area contributed by atoms with Crippen LogP contribution in [0.5, 0.6) is 5.75 Å². The van der Waals surface area contributed by atoms with E-state index in [9.17, 15) is 43.5 Å². The van der Waals surface area contributed by atoms with Crippen LogP contribution in [0.25, 0.3) is 10.9 Å². The highest BCUT2D eigenvalue weighted by atomic mass is 19.1.